The maximum atomic E-state index is 11.4. The van der Waals surface area contributed by atoms with E-state index >= 15 is 0 Å². The molecule has 2 nitrogen and oxygen atoms in total. The number of aldehydes is 1. The Bertz CT molecular complexity index is 674. The van der Waals surface area contributed by atoms with E-state index in [9.17, 15) is 4.79 Å². The van der Waals surface area contributed by atoms with Gasteiger partial charge in [-0.15, -0.1) is 0 Å². The molecule has 2 N–H and O–H groups in total. The maximum Gasteiger partial charge on any atom is 0.152 e. The fourth-order valence-corrected chi connectivity index (χ4v) is 4.05. The van der Waals surface area contributed by atoms with Gasteiger partial charge >= 0.3 is 0 Å². The number of carbonyl (C=O) groups excluding carboxylic acids is 1. The van der Waals surface area contributed by atoms with Gasteiger partial charge in [0, 0.05) is 10.9 Å². The van der Waals surface area contributed by atoms with Gasteiger partial charge in [0.05, 0.1) is 5.69 Å². The van der Waals surface area contributed by atoms with Gasteiger partial charge in [-0.25, -0.2) is 0 Å². The van der Waals surface area contributed by atoms with Crippen molar-refractivity contribution >= 4 is 22.7 Å². The third-order valence-corrected chi connectivity index (χ3v) is 4.74. The minimum Gasteiger partial charge on any atom is -0.398 e. The molecule has 2 bridgehead atoms. The molecule has 2 aromatic rings. The number of nitrogens with two attached hydrogens (primary N) is 1. The van der Waals surface area contributed by atoms with Crippen LogP contribution in [0.4, 0.5) is 5.69 Å². The van der Waals surface area contributed by atoms with Gasteiger partial charge in [-0.2, -0.15) is 0 Å². The second-order valence-corrected chi connectivity index (χ2v) is 5.53. The van der Waals surface area contributed by atoms with Gasteiger partial charge in [-0.3, -0.25) is 4.79 Å². The van der Waals surface area contributed by atoms with Gasteiger partial charge < -0.3 is 5.73 Å². The number of rotatable bonds is 1. The van der Waals surface area contributed by atoms with Gasteiger partial charge in [-0.05, 0) is 47.6 Å². The van der Waals surface area contributed by atoms with Crippen molar-refractivity contribution in [2.24, 2.45) is 0 Å². The summed E-state index contributed by atoms with van der Waals surface area (Å²) in [6.07, 6.45) is 4.66. The molecule has 0 aliphatic heterocycles. The van der Waals surface area contributed by atoms with Crippen molar-refractivity contribution in [3.05, 3.63) is 41.0 Å². The molecular weight excluding hydrogens is 222 g/mol. The molecule has 0 radical (unpaired) electrons. The molecule has 0 saturated heterocycles. The molecule has 4 rings (SSSR count). The molecule has 2 aliphatic carbocycles. The van der Waals surface area contributed by atoms with Crippen molar-refractivity contribution in [2.75, 3.05) is 5.73 Å². The fraction of sp³-hybridized carbons (Fsp3) is 0.312. The third-order valence-electron chi connectivity index (χ3n) is 4.74. The van der Waals surface area contributed by atoms with E-state index in [1.807, 2.05) is 12.1 Å². The zero-order valence-electron chi connectivity index (χ0n) is 10.1. The van der Waals surface area contributed by atoms with E-state index in [0.717, 1.165) is 17.2 Å². The molecule has 1 fully saturated rings. The molecule has 1 saturated carbocycles. The molecule has 2 aliphatic rings. The molecule has 18 heavy (non-hydrogen) atoms. The lowest BCUT2D eigenvalue weighted by Crippen LogP contribution is -2.07. The summed E-state index contributed by atoms with van der Waals surface area (Å²) in [7, 11) is 0. The molecule has 0 aromatic heterocycles. The van der Waals surface area contributed by atoms with Gasteiger partial charge in [0.1, 0.15) is 0 Å². The lowest BCUT2D eigenvalue weighted by atomic mass is 9.84. The van der Waals surface area contributed by atoms with Crippen LogP contribution >= 0.6 is 0 Å². The van der Waals surface area contributed by atoms with Gasteiger partial charge in [-0.1, -0.05) is 24.3 Å². The van der Waals surface area contributed by atoms with Crippen LogP contribution in [0.3, 0.4) is 0 Å². The van der Waals surface area contributed by atoms with Crippen LogP contribution in [-0.2, 0) is 0 Å². The summed E-state index contributed by atoms with van der Waals surface area (Å²) in [6.45, 7) is 0. The molecule has 2 aromatic carbocycles. The molecule has 0 spiro atoms. The minimum atomic E-state index is 0.567. The van der Waals surface area contributed by atoms with Crippen LogP contribution in [0.2, 0.25) is 0 Å². The smallest absolute Gasteiger partial charge is 0.152 e. The zero-order valence-corrected chi connectivity index (χ0v) is 10.1. The molecule has 90 valence electrons. The Balaban J connectivity index is 2.21. The number of nitrogen functional groups attached to an aromatic ring is 1. The second kappa shape index (κ2) is 3.35. The van der Waals surface area contributed by atoms with Crippen molar-refractivity contribution in [1.82, 2.24) is 0 Å². The van der Waals surface area contributed by atoms with Crippen molar-refractivity contribution in [3.8, 4) is 0 Å². The van der Waals surface area contributed by atoms with Crippen LogP contribution in [-0.4, -0.2) is 6.29 Å². The lowest BCUT2D eigenvalue weighted by Gasteiger charge is -2.21. The van der Waals surface area contributed by atoms with Crippen molar-refractivity contribution in [2.45, 2.75) is 31.1 Å². The average molecular weight is 237 g/mol. The van der Waals surface area contributed by atoms with E-state index in [-0.39, 0.29) is 0 Å². The summed E-state index contributed by atoms with van der Waals surface area (Å²) in [5, 5.41) is 2.31. The molecule has 2 atom stereocenters. The minimum absolute atomic E-state index is 0.567. The summed E-state index contributed by atoms with van der Waals surface area (Å²) in [5.41, 5.74) is 10.3. The Morgan fingerprint density at radius 2 is 1.72 bits per heavy atom. The highest BCUT2D eigenvalue weighted by Crippen LogP contribution is 2.57. The van der Waals surface area contributed by atoms with Crippen LogP contribution in [0.1, 0.15) is 52.6 Å². The first-order valence-electron chi connectivity index (χ1n) is 6.60. The first-order valence-corrected chi connectivity index (χ1v) is 6.60. The number of anilines is 1. The average Bonchev–Trinajstić information content (AvgIpc) is 3.01. The predicted molar refractivity (Wildman–Crippen MR) is 73.1 cm³/mol. The highest BCUT2D eigenvalue weighted by atomic mass is 16.1. The molecule has 0 unspecified atom stereocenters. The lowest BCUT2D eigenvalue weighted by molar-refractivity contribution is 0.112. The van der Waals surface area contributed by atoms with Crippen LogP contribution in [0.5, 0.6) is 0 Å². The van der Waals surface area contributed by atoms with E-state index in [0.29, 0.717) is 17.5 Å². The number of carbonyl (C=O) groups is 1. The van der Waals surface area contributed by atoms with Gasteiger partial charge in [0.15, 0.2) is 6.29 Å². The topological polar surface area (TPSA) is 43.1 Å². The van der Waals surface area contributed by atoms with E-state index in [2.05, 4.69) is 12.1 Å². The number of hydrogen-bond donors (Lipinski definition) is 1. The third kappa shape index (κ3) is 1.06. The van der Waals surface area contributed by atoms with E-state index < -0.39 is 0 Å². The summed E-state index contributed by atoms with van der Waals surface area (Å²) in [6, 6.07) is 8.24. The van der Waals surface area contributed by atoms with Crippen molar-refractivity contribution in [1.29, 1.82) is 0 Å². The maximum absolute atomic E-state index is 11.4. The highest BCUT2D eigenvalue weighted by Gasteiger charge is 2.40. The largest absolute Gasteiger partial charge is 0.398 e. The highest BCUT2D eigenvalue weighted by molar-refractivity contribution is 6.05. The Hall–Kier alpha value is -1.83. The SMILES string of the molecule is Nc1c(C=O)c2c(c3ccccc13)[C@@H]1CC[C@H]2C1. The normalized spacial score (nSPS) is 24.4. The zero-order chi connectivity index (χ0) is 12.3. The Morgan fingerprint density at radius 3 is 2.44 bits per heavy atom. The monoisotopic (exact) mass is 237 g/mol. The van der Waals surface area contributed by atoms with Gasteiger partial charge in [0.25, 0.3) is 0 Å². The number of benzene rings is 2. The first kappa shape index (κ1) is 10.1. The Morgan fingerprint density at radius 1 is 1.06 bits per heavy atom. The quantitative estimate of drug-likeness (QED) is 0.608. The summed E-state index contributed by atoms with van der Waals surface area (Å²) >= 11 is 0. The van der Waals surface area contributed by atoms with E-state index in [1.165, 1.54) is 35.8 Å². The van der Waals surface area contributed by atoms with Crippen LogP contribution in [0, 0.1) is 0 Å². The van der Waals surface area contributed by atoms with Crippen LogP contribution < -0.4 is 5.73 Å². The van der Waals surface area contributed by atoms with Crippen LogP contribution in [0.15, 0.2) is 24.3 Å². The summed E-state index contributed by atoms with van der Waals surface area (Å²) in [4.78, 5) is 11.4. The van der Waals surface area contributed by atoms with Gasteiger partial charge in [0.2, 0.25) is 0 Å². The molecule has 2 heteroatoms. The van der Waals surface area contributed by atoms with Crippen LogP contribution in [0.25, 0.3) is 10.8 Å². The Labute approximate surface area is 106 Å². The predicted octanol–water partition coefficient (Wildman–Crippen LogP) is 3.60. The second-order valence-electron chi connectivity index (χ2n) is 5.53. The van der Waals surface area contributed by atoms with Crippen molar-refractivity contribution in [3.63, 3.8) is 0 Å². The fourth-order valence-electron chi connectivity index (χ4n) is 4.05. The molecule has 0 amide bonds. The standard InChI is InChI=1S/C16H15NO/c17-16-12-4-2-1-3-11(12)14-9-5-6-10(7-9)15(14)13(16)8-18/h1-4,8-10H,5-7,17H2/t9-,10+/m1/s1. The Kier molecular flexibility index (Phi) is 1.88. The van der Waals surface area contributed by atoms with E-state index in [1.54, 1.807) is 0 Å². The number of fused-ring (bicyclic) bond motifs is 7. The first-order chi connectivity index (χ1) is 8.81. The summed E-state index contributed by atoms with van der Waals surface area (Å²) in [5.74, 6) is 1.21. The van der Waals surface area contributed by atoms with Crippen molar-refractivity contribution < 1.29 is 4.79 Å². The molecule has 0 heterocycles. The molecular formula is C16H15NO. The van der Waals surface area contributed by atoms with E-state index in [4.69, 9.17) is 5.73 Å². The number of hydrogen-bond acceptors (Lipinski definition) is 2. The summed E-state index contributed by atoms with van der Waals surface area (Å²) < 4.78 is 0.